The maximum absolute atomic E-state index is 12.8. The van der Waals surface area contributed by atoms with E-state index in [0.29, 0.717) is 26.7 Å². The molecule has 1 aromatic heterocycles. The van der Waals surface area contributed by atoms with Crippen molar-refractivity contribution in [1.82, 2.24) is 0 Å². The molecule has 2 N–H and O–H groups in total. The van der Waals surface area contributed by atoms with Crippen LogP contribution in [0.5, 0.6) is 0 Å². The smallest absolute Gasteiger partial charge is 0.341 e. The number of esters is 1. The summed E-state index contributed by atoms with van der Waals surface area (Å²) < 4.78 is 4.86. The van der Waals surface area contributed by atoms with Gasteiger partial charge in [-0.25, -0.2) is 4.79 Å². The molecule has 0 bridgehead atoms. The van der Waals surface area contributed by atoms with Gasteiger partial charge < -0.3 is 15.4 Å². The third kappa shape index (κ3) is 4.69. The normalized spacial score (nSPS) is 10.4. The third-order valence-corrected chi connectivity index (χ3v) is 5.84. The highest BCUT2D eigenvalue weighted by atomic mass is 35.5. The SMILES string of the molecule is COC(=O)c1c(NC(=O)c2ccc(C)cc2)sc(C(=O)Nc2ccc(Cl)cc2)c1C. The molecule has 0 spiro atoms. The number of rotatable bonds is 5. The van der Waals surface area contributed by atoms with E-state index in [-0.39, 0.29) is 16.5 Å². The number of benzene rings is 2. The molecule has 0 saturated carbocycles. The van der Waals surface area contributed by atoms with Gasteiger partial charge >= 0.3 is 5.97 Å². The lowest BCUT2D eigenvalue weighted by atomic mass is 10.1. The van der Waals surface area contributed by atoms with Crippen molar-refractivity contribution in [2.24, 2.45) is 0 Å². The fourth-order valence-corrected chi connectivity index (χ4v) is 3.98. The van der Waals surface area contributed by atoms with Gasteiger partial charge in [-0.2, -0.15) is 0 Å². The highest BCUT2D eigenvalue weighted by Crippen LogP contribution is 2.34. The van der Waals surface area contributed by atoms with E-state index in [2.05, 4.69) is 10.6 Å². The third-order valence-electron chi connectivity index (χ3n) is 4.39. The number of methoxy groups -OCH3 is 1. The molecule has 0 saturated heterocycles. The predicted octanol–water partition coefficient (Wildman–Crippen LogP) is 5.31. The molecular weight excluding hydrogens is 424 g/mol. The summed E-state index contributed by atoms with van der Waals surface area (Å²) in [6.45, 7) is 3.56. The van der Waals surface area contributed by atoms with Crippen LogP contribution in [0.15, 0.2) is 48.5 Å². The molecule has 3 aromatic rings. The average Bonchev–Trinajstić information content (AvgIpc) is 3.05. The van der Waals surface area contributed by atoms with Crippen LogP contribution in [0, 0.1) is 13.8 Å². The molecule has 154 valence electrons. The van der Waals surface area contributed by atoms with Crippen molar-refractivity contribution in [3.05, 3.63) is 80.7 Å². The van der Waals surface area contributed by atoms with Gasteiger partial charge in [-0.1, -0.05) is 29.3 Å². The number of hydrogen-bond acceptors (Lipinski definition) is 5. The van der Waals surface area contributed by atoms with Gasteiger partial charge in [0.05, 0.1) is 17.6 Å². The molecule has 0 unspecified atom stereocenters. The Kier molecular flexibility index (Phi) is 6.54. The Morgan fingerprint density at radius 2 is 1.53 bits per heavy atom. The lowest BCUT2D eigenvalue weighted by Crippen LogP contribution is -2.14. The van der Waals surface area contributed by atoms with Gasteiger partial charge in [-0.05, 0) is 55.8 Å². The quantitative estimate of drug-likeness (QED) is 0.524. The van der Waals surface area contributed by atoms with E-state index in [0.717, 1.165) is 16.9 Å². The molecule has 30 heavy (non-hydrogen) atoms. The Morgan fingerprint density at radius 1 is 0.900 bits per heavy atom. The Morgan fingerprint density at radius 3 is 2.13 bits per heavy atom. The molecular formula is C22H19ClN2O4S. The van der Waals surface area contributed by atoms with Crippen LogP contribution in [0.25, 0.3) is 0 Å². The van der Waals surface area contributed by atoms with E-state index in [1.54, 1.807) is 43.3 Å². The lowest BCUT2D eigenvalue weighted by molar-refractivity contribution is 0.0601. The molecule has 0 aliphatic rings. The minimum absolute atomic E-state index is 0.157. The van der Waals surface area contributed by atoms with Crippen LogP contribution in [0.1, 0.15) is 41.5 Å². The summed E-state index contributed by atoms with van der Waals surface area (Å²) >= 11 is 6.89. The van der Waals surface area contributed by atoms with Crippen molar-refractivity contribution < 1.29 is 19.1 Å². The van der Waals surface area contributed by atoms with Gasteiger partial charge in [0.1, 0.15) is 5.00 Å². The first kappa shape index (κ1) is 21.5. The molecule has 6 nitrogen and oxygen atoms in total. The Balaban J connectivity index is 1.91. The van der Waals surface area contributed by atoms with E-state index in [4.69, 9.17) is 16.3 Å². The highest BCUT2D eigenvalue weighted by molar-refractivity contribution is 7.19. The number of carbonyl (C=O) groups is 3. The Labute approximate surface area is 182 Å². The molecule has 1 heterocycles. The van der Waals surface area contributed by atoms with E-state index < -0.39 is 11.9 Å². The van der Waals surface area contributed by atoms with Crippen molar-refractivity contribution in [2.75, 3.05) is 17.7 Å². The Hall–Kier alpha value is -3.16. The number of amides is 2. The summed E-state index contributed by atoms with van der Waals surface area (Å²) in [5.41, 5.74) is 2.60. The van der Waals surface area contributed by atoms with Crippen molar-refractivity contribution in [3.63, 3.8) is 0 Å². The van der Waals surface area contributed by atoms with Crippen molar-refractivity contribution >= 4 is 51.4 Å². The molecule has 2 aromatic carbocycles. The number of anilines is 2. The maximum atomic E-state index is 12.8. The van der Waals surface area contributed by atoms with Crippen LogP contribution in [0.2, 0.25) is 5.02 Å². The molecule has 0 aliphatic heterocycles. The zero-order valence-corrected chi connectivity index (χ0v) is 18.1. The van der Waals surface area contributed by atoms with Gasteiger partial charge in [0, 0.05) is 16.3 Å². The number of thiophene rings is 1. The molecule has 0 fully saturated rings. The van der Waals surface area contributed by atoms with E-state index in [1.165, 1.54) is 7.11 Å². The number of carbonyl (C=O) groups excluding carboxylic acids is 3. The maximum Gasteiger partial charge on any atom is 0.341 e. The fourth-order valence-electron chi connectivity index (χ4n) is 2.77. The molecule has 3 rings (SSSR count). The largest absolute Gasteiger partial charge is 0.465 e. The average molecular weight is 443 g/mol. The van der Waals surface area contributed by atoms with Crippen LogP contribution in [-0.2, 0) is 4.74 Å². The van der Waals surface area contributed by atoms with Gasteiger partial charge in [0.15, 0.2) is 0 Å². The second-order valence-corrected chi connectivity index (χ2v) is 7.99. The van der Waals surface area contributed by atoms with Crippen molar-refractivity contribution in [3.8, 4) is 0 Å². The first-order valence-corrected chi connectivity index (χ1v) is 10.2. The summed E-state index contributed by atoms with van der Waals surface area (Å²) in [7, 11) is 1.25. The molecule has 2 amide bonds. The van der Waals surface area contributed by atoms with E-state index >= 15 is 0 Å². The summed E-state index contributed by atoms with van der Waals surface area (Å²) in [5, 5.41) is 6.30. The number of hydrogen-bond donors (Lipinski definition) is 2. The lowest BCUT2D eigenvalue weighted by Gasteiger charge is -2.06. The molecule has 0 atom stereocenters. The van der Waals surface area contributed by atoms with Crippen molar-refractivity contribution in [1.29, 1.82) is 0 Å². The zero-order valence-electron chi connectivity index (χ0n) is 16.5. The predicted molar refractivity (Wildman–Crippen MR) is 119 cm³/mol. The fraction of sp³-hybridized carbons (Fsp3) is 0.136. The summed E-state index contributed by atoms with van der Waals surface area (Å²) in [6.07, 6.45) is 0. The first-order chi connectivity index (χ1) is 14.3. The van der Waals surface area contributed by atoms with E-state index in [9.17, 15) is 14.4 Å². The van der Waals surface area contributed by atoms with Crippen LogP contribution in [0.4, 0.5) is 10.7 Å². The topological polar surface area (TPSA) is 84.5 Å². The number of ether oxygens (including phenoxy) is 1. The van der Waals surface area contributed by atoms with E-state index in [1.807, 2.05) is 19.1 Å². The number of aryl methyl sites for hydroxylation is 1. The standard InChI is InChI=1S/C22H19ClN2O4S/c1-12-4-6-14(7-5-12)19(26)25-21-17(22(28)29-3)13(2)18(30-21)20(27)24-16-10-8-15(23)9-11-16/h4-11H,1-3H3,(H,24,27)(H,25,26). The monoisotopic (exact) mass is 442 g/mol. The summed E-state index contributed by atoms with van der Waals surface area (Å²) in [6, 6.07) is 13.7. The highest BCUT2D eigenvalue weighted by Gasteiger charge is 2.26. The second-order valence-electron chi connectivity index (χ2n) is 6.53. The van der Waals surface area contributed by atoms with Gasteiger partial charge in [0.25, 0.3) is 11.8 Å². The minimum atomic E-state index is -0.631. The van der Waals surface area contributed by atoms with Crippen molar-refractivity contribution in [2.45, 2.75) is 13.8 Å². The Bertz CT molecular complexity index is 1110. The van der Waals surface area contributed by atoms with Crippen LogP contribution in [-0.4, -0.2) is 24.9 Å². The first-order valence-electron chi connectivity index (χ1n) is 8.96. The van der Waals surface area contributed by atoms with Crippen LogP contribution < -0.4 is 10.6 Å². The summed E-state index contributed by atoms with van der Waals surface area (Å²) in [4.78, 5) is 38.1. The molecule has 8 heteroatoms. The van der Waals surface area contributed by atoms with Gasteiger partial charge in [-0.3, -0.25) is 9.59 Å². The molecule has 0 radical (unpaired) electrons. The molecule has 0 aliphatic carbocycles. The van der Waals surface area contributed by atoms with Gasteiger partial charge in [0.2, 0.25) is 0 Å². The van der Waals surface area contributed by atoms with Crippen LogP contribution >= 0.6 is 22.9 Å². The zero-order chi connectivity index (χ0) is 21.8. The number of nitrogens with one attached hydrogen (secondary N) is 2. The summed E-state index contributed by atoms with van der Waals surface area (Å²) in [5.74, 6) is -1.42. The van der Waals surface area contributed by atoms with Gasteiger partial charge in [-0.15, -0.1) is 11.3 Å². The van der Waals surface area contributed by atoms with Crippen LogP contribution in [0.3, 0.4) is 0 Å². The minimum Gasteiger partial charge on any atom is -0.465 e. The second kappa shape index (κ2) is 9.11. The number of halogens is 1.